The number of pyridine rings is 1. The van der Waals surface area contributed by atoms with Gasteiger partial charge < -0.3 is 5.32 Å². The number of benzene rings is 1. The lowest BCUT2D eigenvalue weighted by molar-refractivity contribution is 0.264. The third kappa shape index (κ3) is 3.89. The lowest BCUT2D eigenvalue weighted by atomic mass is 10.00. The van der Waals surface area contributed by atoms with Crippen molar-refractivity contribution in [3.8, 4) is 11.4 Å². The first-order valence-corrected chi connectivity index (χ1v) is 9.08. The van der Waals surface area contributed by atoms with Gasteiger partial charge in [0.25, 0.3) is 0 Å². The van der Waals surface area contributed by atoms with E-state index >= 15 is 0 Å². The number of fused-ring (bicyclic) bond motifs is 1. The highest BCUT2D eigenvalue weighted by molar-refractivity contribution is 5.58. The summed E-state index contributed by atoms with van der Waals surface area (Å²) in [5.41, 5.74) is 4.67. The summed E-state index contributed by atoms with van der Waals surface area (Å²) in [6.45, 7) is 5.91. The van der Waals surface area contributed by atoms with Gasteiger partial charge in [-0.05, 0) is 36.6 Å². The Morgan fingerprint density at radius 3 is 2.69 bits per heavy atom. The number of hydrogen-bond donors (Lipinski definition) is 1. The minimum atomic E-state index is 0.752. The number of nitrogens with one attached hydrogen (secondary N) is 1. The largest absolute Gasteiger partial charge is 0.369 e. The second-order valence-corrected chi connectivity index (χ2v) is 6.62. The first-order valence-electron chi connectivity index (χ1n) is 9.08. The topological polar surface area (TPSA) is 53.9 Å². The maximum absolute atomic E-state index is 4.51. The molecule has 26 heavy (non-hydrogen) atoms. The van der Waals surface area contributed by atoms with Crippen LogP contribution >= 0.6 is 0 Å². The highest BCUT2D eigenvalue weighted by Gasteiger charge is 2.15. The van der Waals surface area contributed by atoms with Gasteiger partial charge in [0, 0.05) is 38.4 Å². The van der Waals surface area contributed by atoms with Crippen LogP contribution in [0, 0.1) is 6.92 Å². The second-order valence-electron chi connectivity index (χ2n) is 6.62. The Hall–Kier alpha value is -2.79. The molecule has 0 atom stereocenters. The van der Waals surface area contributed by atoms with Gasteiger partial charge in [-0.1, -0.05) is 30.3 Å². The first kappa shape index (κ1) is 16.7. The molecule has 5 heteroatoms. The summed E-state index contributed by atoms with van der Waals surface area (Å²) < 4.78 is 0. The Morgan fingerprint density at radius 1 is 1.00 bits per heavy atom. The van der Waals surface area contributed by atoms with E-state index in [1.54, 1.807) is 6.20 Å². The number of rotatable bonds is 5. The van der Waals surface area contributed by atoms with Gasteiger partial charge in [-0.3, -0.25) is 9.88 Å². The SMILES string of the molecule is Cc1nc(NCCN2CCc3ccccc3C2)cc(-c2ccccn2)n1. The van der Waals surface area contributed by atoms with Crippen molar-refractivity contribution < 1.29 is 0 Å². The molecule has 1 aliphatic heterocycles. The zero-order valence-electron chi connectivity index (χ0n) is 15.0. The minimum absolute atomic E-state index is 0.752. The van der Waals surface area contributed by atoms with Crippen molar-refractivity contribution in [2.75, 3.05) is 25.0 Å². The van der Waals surface area contributed by atoms with Gasteiger partial charge in [-0.25, -0.2) is 9.97 Å². The van der Waals surface area contributed by atoms with Crippen LogP contribution in [0.5, 0.6) is 0 Å². The van der Waals surface area contributed by atoms with E-state index in [0.717, 1.165) is 55.6 Å². The number of anilines is 1. The molecule has 0 saturated carbocycles. The standard InChI is InChI=1S/C21H23N5/c1-16-24-20(19-8-4-5-10-22-19)14-21(25-16)23-11-13-26-12-9-17-6-2-3-7-18(17)15-26/h2-8,10,14H,9,11-13,15H2,1H3,(H,23,24,25). The molecule has 132 valence electrons. The van der Waals surface area contributed by atoms with E-state index in [-0.39, 0.29) is 0 Å². The minimum Gasteiger partial charge on any atom is -0.369 e. The van der Waals surface area contributed by atoms with Crippen LogP contribution in [0.2, 0.25) is 0 Å². The van der Waals surface area contributed by atoms with Gasteiger partial charge in [0.2, 0.25) is 0 Å². The fourth-order valence-corrected chi connectivity index (χ4v) is 3.39. The molecule has 0 unspecified atom stereocenters. The van der Waals surface area contributed by atoms with E-state index in [9.17, 15) is 0 Å². The van der Waals surface area contributed by atoms with Crippen LogP contribution < -0.4 is 5.32 Å². The van der Waals surface area contributed by atoms with Crippen molar-refractivity contribution in [1.29, 1.82) is 0 Å². The summed E-state index contributed by atoms with van der Waals surface area (Å²) in [4.78, 5) is 15.9. The van der Waals surface area contributed by atoms with Crippen molar-refractivity contribution in [2.45, 2.75) is 19.9 Å². The fraction of sp³-hybridized carbons (Fsp3) is 0.286. The Bertz CT molecular complexity index is 879. The zero-order chi connectivity index (χ0) is 17.8. The third-order valence-electron chi connectivity index (χ3n) is 4.71. The highest BCUT2D eigenvalue weighted by atomic mass is 15.1. The summed E-state index contributed by atoms with van der Waals surface area (Å²) in [5, 5.41) is 3.45. The van der Waals surface area contributed by atoms with Gasteiger partial charge in [0.05, 0.1) is 11.4 Å². The molecular formula is C21H23N5. The fourth-order valence-electron chi connectivity index (χ4n) is 3.39. The number of nitrogens with zero attached hydrogens (tertiary/aromatic N) is 4. The van der Waals surface area contributed by atoms with Crippen molar-refractivity contribution in [2.24, 2.45) is 0 Å². The third-order valence-corrected chi connectivity index (χ3v) is 4.71. The van der Waals surface area contributed by atoms with E-state index < -0.39 is 0 Å². The predicted molar refractivity (Wildman–Crippen MR) is 104 cm³/mol. The molecule has 3 heterocycles. The maximum atomic E-state index is 4.51. The molecule has 3 aromatic rings. The molecule has 4 rings (SSSR count). The van der Waals surface area contributed by atoms with Gasteiger partial charge in [-0.15, -0.1) is 0 Å². The lowest BCUT2D eigenvalue weighted by Crippen LogP contribution is -2.34. The predicted octanol–water partition coefficient (Wildman–Crippen LogP) is 3.32. The Balaban J connectivity index is 1.37. The van der Waals surface area contributed by atoms with Crippen LogP contribution in [0.25, 0.3) is 11.4 Å². The van der Waals surface area contributed by atoms with Crippen molar-refractivity contribution in [3.05, 3.63) is 71.7 Å². The van der Waals surface area contributed by atoms with Crippen molar-refractivity contribution >= 4 is 5.82 Å². The van der Waals surface area contributed by atoms with Gasteiger partial charge in [0.1, 0.15) is 11.6 Å². The smallest absolute Gasteiger partial charge is 0.130 e. The first-order chi connectivity index (χ1) is 12.8. The van der Waals surface area contributed by atoms with Crippen LogP contribution in [0.4, 0.5) is 5.82 Å². The molecule has 0 saturated heterocycles. The maximum Gasteiger partial charge on any atom is 0.130 e. The summed E-state index contributed by atoms with van der Waals surface area (Å²) >= 11 is 0. The molecule has 0 bridgehead atoms. The van der Waals surface area contributed by atoms with Crippen LogP contribution in [-0.2, 0) is 13.0 Å². The molecule has 0 amide bonds. The zero-order valence-corrected chi connectivity index (χ0v) is 15.0. The Morgan fingerprint density at radius 2 is 1.85 bits per heavy atom. The molecule has 2 aromatic heterocycles. The van der Waals surface area contributed by atoms with E-state index in [1.165, 1.54) is 11.1 Å². The summed E-state index contributed by atoms with van der Waals surface area (Å²) in [6, 6.07) is 16.6. The quantitative estimate of drug-likeness (QED) is 0.769. The molecule has 1 aromatic carbocycles. The average molecular weight is 345 g/mol. The second kappa shape index (κ2) is 7.62. The molecule has 0 spiro atoms. The molecule has 0 aliphatic carbocycles. The van der Waals surface area contributed by atoms with Gasteiger partial charge in [0.15, 0.2) is 0 Å². The van der Waals surface area contributed by atoms with E-state index in [4.69, 9.17) is 0 Å². The Labute approximate surface area is 154 Å². The summed E-state index contributed by atoms with van der Waals surface area (Å²) in [5.74, 6) is 1.61. The van der Waals surface area contributed by atoms with E-state index in [0.29, 0.717) is 0 Å². The van der Waals surface area contributed by atoms with E-state index in [2.05, 4.69) is 49.4 Å². The highest BCUT2D eigenvalue weighted by Crippen LogP contribution is 2.19. The van der Waals surface area contributed by atoms with Crippen molar-refractivity contribution in [1.82, 2.24) is 19.9 Å². The van der Waals surface area contributed by atoms with Crippen LogP contribution in [0.3, 0.4) is 0 Å². The van der Waals surface area contributed by atoms with E-state index in [1.807, 2.05) is 31.2 Å². The molecular weight excluding hydrogens is 322 g/mol. The van der Waals surface area contributed by atoms with Crippen LogP contribution in [0.1, 0.15) is 17.0 Å². The monoisotopic (exact) mass is 345 g/mol. The molecule has 0 fully saturated rings. The number of hydrogen-bond acceptors (Lipinski definition) is 5. The average Bonchev–Trinajstić information content (AvgIpc) is 2.68. The molecule has 0 radical (unpaired) electrons. The normalized spacial score (nSPS) is 14.0. The lowest BCUT2D eigenvalue weighted by Gasteiger charge is -2.28. The van der Waals surface area contributed by atoms with Crippen molar-refractivity contribution in [3.63, 3.8) is 0 Å². The molecule has 1 aliphatic rings. The number of aryl methyl sites for hydroxylation is 1. The van der Waals surface area contributed by atoms with Crippen LogP contribution in [0.15, 0.2) is 54.7 Å². The molecule has 1 N–H and O–H groups in total. The van der Waals surface area contributed by atoms with Crippen LogP contribution in [-0.4, -0.2) is 39.5 Å². The van der Waals surface area contributed by atoms with Gasteiger partial charge >= 0.3 is 0 Å². The number of aromatic nitrogens is 3. The summed E-state index contributed by atoms with van der Waals surface area (Å²) in [6.07, 6.45) is 2.92. The summed E-state index contributed by atoms with van der Waals surface area (Å²) in [7, 11) is 0. The molecule has 5 nitrogen and oxygen atoms in total. The van der Waals surface area contributed by atoms with Gasteiger partial charge in [-0.2, -0.15) is 0 Å². The Kier molecular flexibility index (Phi) is 4.88.